The first-order chi connectivity index (χ1) is 16.5. The number of nitrogens with zero attached hydrogens (tertiary/aromatic N) is 5. The first kappa shape index (κ1) is 22.1. The predicted octanol–water partition coefficient (Wildman–Crippen LogP) is 4.24. The Kier molecular flexibility index (Phi) is 6.02. The summed E-state index contributed by atoms with van der Waals surface area (Å²) in [7, 11) is 0. The number of fused-ring (bicyclic) bond motifs is 1. The van der Waals surface area contributed by atoms with E-state index in [-0.39, 0.29) is 5.91 Å². The molecule has 0 aromatic carbocycles. The van der Waals surface area contributed by atoms with Crippen molar-refractivity contribution in [2.24, 2.45) is 0 Å². The van der Waals surface area contributed by atoms with Crippen molar-refractivity contribution < 1.29 is 9.18 Å². The van der Waals surface area contributed by atoms with Crippen LogP contribution in [0.15, 0.2) is 48.4 Å². The Labute approximate surface area is 200 Å². The van der Waals surface area contributed by atoms with E-state index in [2.05, 4.69) is 36.2 Å². The van der Waals surface area contributed by atoms with Gasteiger partial charge in [0, 0.05) is 66.5 Å². The molecule has 9 heteroatoms. The van der Waals surface area contributed by atoms with E-state index < -0.39 is 5.95 Å². The van der Waals surface area contributed by atoms with Crippen molar-refractivity contribution in [3.8, 4) is 11.1 Å². The van der Waals surface area contributed by atoms with Crippen LogP contribution in [-0.4, -0.2) is 32.4 Å². The highest BCUT2D eigenvalue weighted by Gasteiger charge is 2.21. The summed E-state index contributed by atoms with van der Waals surface area (Å²) in [6, 6.07) is 5.41. The first-order valence-electron chi connectivity index (χ1n) is 11.0. The van der Waals surface area contributed by atoms with E-state index >= 15 is 0 Å². The number of rotatable bonds is 5. The second-order valence-electron chi connectivity index (χ2n) is 8.30. The zero-order chi connectivity index (χ0) is 23.7. The van der Waals surface area contributed by atoms with Gasteiger partial charge in [-0.05, 0) is 48.7 Å². The Hall–Kier alpha value is -3.72. The van der Waals surface area contributed by atoms with Gasteiger partial charge in [0.05, 0.1) is 12.1 Å². The number of aromatic nitrogens is 4. The summed E-state index contributed by atoms with van der Waals surface area (Å²) in [4.78, 5) is 32.0. The second kappa shape index (κ2) is 9.26. The third-order valence-electron chi connectivity index (χ3n) is 5.92. The van der Waals surface area contributed by atoms with Crippen molar-refractivity contribution >= 4 is 23.1 Å². The Morgan fingerprint density at radius 1 is 1.09 bits per heavy atom. The highest BCUT2D eigenvalue weighted by Crippen LogP contribution is 2.29. The molecule has 1 aliphatic rings. The summed E-state index contributed by atoms with van der Waals surface area (Å²) < 4.78 is 13.4. The van der Waals surface area contributed by atoms with Gasteiger partial charge in [-0.1, -0.05) is 0 Å². The SMILES string of the molecule is Cc1cc(F)ncc1-c1cnc2c(c1)CN(c1ncc(C(=O)NCc3nccs3)cc1C)CC2. The molecule has 0 saturated carbocycles. The molecule has 34 heavy (non-hydrogen) atoms. The summed E-state index contributed by atoms with van der Waals surface area (Å²) in [6.45, 7) is 5.69. The molecule has 1 amide bonds. The average Bonchev–Trinajstić information content (AvgIpc) is 3.35. The van der Waals surface area contributed by atoms with E-state index in [1.165, 1.54) is 17.4 Å². The van der Waals surface area contributed by atoms with Gasteiger partial charge in [0.25, 0.3) is 5.91 Å². The molecule has 0 saturated heterocycles. The van der Waals surface area contributed by atoms with E-state index in [0.29, 0.717) is 18.7 Å². The topological polar surface area (TPSA) is 83.9 Å². The largest absolute Gasteiger partial charge is 0.352 e. The quantitative estimate of drug-likeness (QED) is 0.436. The molecule has 0 unspecified atom stereocenters. The van der Waals surface area contributed by atoms with Crippen molar-refractivity contribution in [3.05, 3.63) is 87.3 Å². The number of pyridine rings is 3. The summed E-state index contributed by atoms with van der Waals surface area (Å²) in [6.07, 6.45) is 7.53. The zero-order valence-corrected chi connectivity index (χ0v) is 19.7. The van der Waals surface area contributed by atoms with Crippen molar-refractivity contribution in [3.63, 3.8) is 0 Å². The van der Waals surface area contributed by atoms with Crippen LogP contribution in [-0.2, 0) is 19.5 Å². The number of anilines is 1. The molecular weight excluding hydrogens is 451 g/mol. The van der Waals surface area contributed by atoms with Crippen LogP contribution in [0.2, 0.25) is 0 Å². The Morgan fingerprint density at radius 2 is 1.97 bits per heavy atom. The predicted molar refractivity (Wildman–Crippen MR) is 129 cm³/mol. The number of amides is 1. The molecule has 1 N–H and O–H groups in total. The van der Waals surface area contributed by atoms with E-state index in [1.807, 2.05) is 31.5 Å². The van der Waals surface area contributed by atoms with Gasteiger partial charge in [-0.25, -0.2) is 15.0 Å². The third-order valence-corrected chi connectivity index (χ3v) is 6.70. The van der Waals surface area contributed by atoms with Crippen molar-refractivity contribution in [1.82, 2.24) is 25.3 Å². The van der Waals surface area contributed by atoms with E-state index in [0.717, 1.165) is 57.3 Å². The standard InChI is InChI=1S/C25H23FN6OS/c1-15-8-22(26)29-12-20(15)17-9-19-14-32(5-3-21(19)28-10-17)24-16(2)7-18(11-30-24)25(33)31-13-23-27-4-6-34-23/h4,6-12H,3,5,13-14H2,1-2H3,(H,31,33). The van der Waals surface area contributed by atoms with Crippen molar-refractivity contribution in [2.75, 3.05) is 11.4 Å². The summed E-state index contributed by atoms with van der Waals surface area (Å²) in [5.41, 5.74) is 6.25. The van der Waals surface area contributed by atoms with E-state index in [1.54, 1.807) is 18.6 Å². The summed E-state index contributed by atoms with van der Waals surface area (Å²) >= 11 is 1.51. The Bertz CT molecular complexity index is 1360. The number of hydrogen-bond donors (Lipinski definition) is 1. The number of thiazole rings is 1. The molecule has 1 aliphatic heterocycles. The van der Waals surface area contributed by atoms with Crippen LogP contribution < -0.4 is 10.2 Å². The summed E-state index contributed by atoms with van der Waals surface area (Å²) in [5.74, 6) is 0.200. The number of aryl methyl sites for hydroxylation is 2. The van der Waals surface area contributed by atoms with Gasteiger partial charge in [0.2, 0.25) is 5.95 Å². The van der Waals surface area contributed by atoms with Crippen LogP contribution >= 0.6 is 11.3 Å². The summed E-state index contributed by atoms with van der Waals surface area (Å²) in [5, 5.41) is 5.64. The molecule has 0 spiro atoms. The molecule has 0 radical (unpaired) electrons. The van der Waals surface area contributed by atoms with E-state index in [9.17, 15) is 9.18 Å². The van der Waals surface area contributed by atoms with Crippen LogP contribution in [0.3, 0.4) is 0 Å². The van der Waals surface area contributed by atoms with E-state index in [4.69, 9.17) is 0 Å². The number of carbonyl (C=O) groups excluding carboxylic acids is 1. The number of nitrogens with one attached hydrogen (secondary N) is 1. The van der Waals surface area contributed by atoms with Crippen molar-refractivity contribution in [1.29, 1.82) is 0 Å². The minimum absolute atomic E-state index is 0.168. The van der Waals surface area contributed by atoms with Crippen LogP contribution in [0.25, 0.3) is 11.1 Å². The molecule has 0 atom stereocenters. The molecule has 0 fully saturated rings. The fraction of sp³-hybridized carbons (Fsp3) is 0.240. The fourth-order valence-corrected chi connectivity index (χ4v) is 4.76. The van der Waals surface area contributed by atoms with Gasteiger partial charge in [-0.15, -0.1) is 11.3 Å². The molecule has 4 aromatic rings. The minimum atomic E-state index is -0.486. The van der Waals surface area contributed by atoms with Crippen molar-refractivity contribution in [2.45, 2.75) is 33.4 Å². The Balaban J connectivity index is 1.33. The fourth-order valence-electron chi connectivity index (χ4n) is 4.20. The molecular formula is C25H23FN6OS. The maximum atomic E-state index is 13.4. The maximum absolute atomic E-state index is 13.4. The highest BCUT2D eigenvalue weighted by atomic mass is 32.1. The van der Waals surface area contributed by atoms with Crippen LogP contribution in [0.4, 0.5) is 10.2 Å². The molecule has 4 aromatic heterocycles. The minimum Gasteiger partial charge on any atom is -0.352 e. The van der Waals surface area contributed by atoms with Crippen LogP contribution in [0.1, 0.15) is 37.7 Å². The maximum Gasteiger partial charge on any atom is 0.253 e. The molecule has 0 aliphatic carbocycles. The molecule has 7 nitrogen and oxygen atoms in total. The number of halogens is 1. The van der Waals surface area contributed by atoms with Gasteiger partial charge >= 0.3 is 0 Å². The second-order valence-corrected chi connectivity index (χ2v) is 9.28. The lowest BCUT2D eigenvalue weighted by atomic mass is 9.98. The van der Waals surface area contributed by atoms with Crippen LogP contribution in [0, 0.1) is 19.8 Å². The van der Waals surface area contributed by atoms with Gasteiger partial charge in [-0.2, -0.15) is 4.39 Å². The lowest BCUT2D eigenvalue weighted by molar-refractivity contribution is 0.0950. The zero-order valence-electron chi connectivity index (χ0n) is 18.9. The Morgan fingerprint density at radius 3 is 2.74 bits per heavy atom. The molecule has 5 heterocycles. The lowest BCUT2D eigenvalue weighted by Gasteiger charge is -2.30. The normalized spacial score (nSPS) is 13.0. The highest BCUT2D eigenvalue weighted by molar-refractivity contribution is 7.09. The average molecular weight is 475 g/mol. The monoisotopic (exact) mass is 474 g/mol. The molecule has 0 bridgehead atoms. The smallest absolute Gasteiger partial charge is 0.253 e. The first-order valence-corrected chi connectivity index (χ1v) is 11.8. The number of hydrogen-bond acceptors (Lipinski definition) is 7. The lowest BCUT2D eigenvalue weighted by Crippen LogP contribution is -2.32. The molecule has 172 valence electrons. The molecule has 5 rings (SSSR count). The van der Waals surface area contributed by atoms with Gasteiger partial charge in [0.15, 0.2) is 0 Å². The third kappa shape index (κ3) is 4.51. The number of carbonyl (C=O) groups is 1. The van der Waals surface area contributed by atoms with Gasteiger partial charge in [-0.3, -0.25) is 9.78 Å². The van der Waals surface area contributed by atoms with Gasteiger partial charge < -0.3 is 10.2 Å². The van der Waals surface area contributed by atoms with Gasteiger partial charge in [0.1, 0.15) is 10.8 Å². The van der Waals surface area contributed by atoms with Crippen LogP contribution in [0.5, 0.6) is 0 Å².